The Morgan fingerprint density at radius 3 is 2.24 bits per heavy atom. The van der Waals surface area contributed by atoms with Crippen molar-refractivity contribution in [3.05, 3.63) is 88.3 Å². The summed E-state index contributed by atoms with van der Waals surface area (Å²) in [6.45, 7) is 3.29. The minimum atomic E-state index is -3.92. The van der Waals surface area contributed by atoms with Crippen LogP contribution in [0.1, 0.15) is 11.3 Å². The van der Waals surface area contributed by atoms with Crippen LogP contribution in [0.4, 0.5) is 11.4 Å². The van der Waals surface area contributed by atoms with E-state index in [1.807, 2.05) is 13.0 Å². The summed E-state index contributed by atoms with van der Waals surface area (Å²) >= 11 is 0. The quantitative estimate of drug-likeness (QED) is 0.652. The van der Waals surface area contributed by atoms with Gasteiger partial charge in [0.05, 0.1) is 4.90 Å². The second kappa shape index (κ2) is 8.32. The van der Waals surface area contributed by atoms with Gasteiger partial charge in [-0.15, -0.1) is 0 Å². The Morgan fingerprint density at radius 1 is 0.931 bits per heavy atom. The van der Waals surface area contributed by atoms with E-state index in [4.69, 9.17) is 0 Å². The largest absolute Gasteiger partial charge is 0.325 e. The maximum Gasteiger partial charge on any atom is 0.275 e. The number of anilines is 2. The Morgan fingerprint density at radius 2 is 1.59 bits per heavy atom. The molecule has 0 aliphatic rings. The molecule has 29 heavy (non-hydrogen) atoms. The molecule has 0 spiro atoms. The van der Waals surface area contributed by atoms with Gasteiger partial charge in [0, 0.05) is 11.4 Å². The maximum atomic E-state index is 12.8. The third-order valence-corrected chi connectivity index (χ3v) is 5.71. The Balaban J connectivity index is 1.84. The predicted octanol–water partition coefficient (Wildman–Crippen LogP) is 2.90. The van der Waals surface area contributed by atoms with E-state index in [2.05, 4.69) is 10.0 Å². The van der Waals surface area contributed by atoms with E-state index in [0.29, 0.717) is 11.4 Å². The normalized spacial score (nSPS) is 11.1. The van der Waals surface area contributed by atoms with Crippen LogP contribution in [-0.4, -0.2) is 18.9 Å². The standard InChI is InChI=1S/C21H21N3O4S/c1-15-8-11-18(12-9-15)29(27,28)23-19-13-10-16(2)24(21(19)26)14-20(25)22-17-6-4-3-5-7-17/h3-13,23H,14H2,1-2H3,(H,22,25). The summed E-state index contributed by atoms with van der Waals surface area (Å²) in [5.74, 6) is -0.389. The van der Waals surface area contributed by atoms with Crippen molar-refractivity contribution in [2.24, 2.45) is 0 Å². The Labute approximate surface area is 169 Å². The van der Waals surface area contributed by atoms with Crippen molar-refractivity contribution in [1.29, 1.82) is 0 Å². The van der Waals surface area contributed by atoms with Gasteiger partial charge in [-0.1, -0.05) is 35.9 Å². The van der Waals surface area contributed by atoms with Crippen LogP contribution in [0.25, 0.3) is 0 Å². The highest BCUT2D eigenvalue weighted by Crippen LogP contribution is 2.15. The van der Waals surface area contributed by atoms with E-state index in [1.54, 1.807) is 49.4 Å². The van der Waals surface area contributed by atoms with Crippen LogP contribution >= 0.6 is 0 Å². The number of pyridine rings is 1. The first kappa shape index (κ1) is 20.3. The number of aryl methyl sites for hydroxylation is 2. The highest BCUT2D eigenvalue weighted by atomic mass is 32.2. The van der Waals surface area contributed by atoms with E-state index in [-0.39, 0.29) is 23.0 Å². The fourth-order valence-corrected chi connectivity index (χ4v) is 3.79. The monoisotopic (exact) mass is 411 g/mol. The Hall–Kier alpha value is -3.39. The second-order valence-corrected chi connectivity index (χ2v) is 8.29. The molecule has 150 valence electrons. The third-order valence-electron chi connectivity index (χ3n) is 4.33. The molecule has 2 aromatic carbocycles. The van der Waals surface area contributed by atoms with Crippen molar-refractivity contribution < 1.29 is 13.2 Å². The van der Waals surface area contributed by atoms with E-state index in [9.17, 15) is 18.0 Å². The summed E-state index contributed by atoms with van der Waals surface area (Å²) in [7, 11) is -3.92. The average Bonchev–Trinajstić information content (AvgIpc) is 2.68. The molecule has 2 N–H and O–H groups in total. The number of aromatic nitrogens is 1. The molecule has 0 fully saturated rings. The summed E-state index contributed by atoms with van der Waals surface area (Å²) < 4.78 is 28.7. The van der Waals surface area contributed by atoms with Crippen LogP contribution in [-0.2, 0) is 21.4 Å². The van der Waals surface area contributed by atoms with Crippen LogP contribution in [0, 0.1) is 13.8 Å². The number of carbonyl (C=O) groups is 1. The summed E-state index contributed by atoms with van der Waals surface area (Å²) in [6.07, 6.45) is 0. The lowest BCUT2D eigenvalue weighted by atomic mass is 10.2. The molecule has 0 unspecified atom stereocenters. The fourth-order valence-electron chi connectivity index (χ4n) is 2.73. The van der Waals surface area contributed by atoms with Crippen LogP contribution < -0.4 is 15.6 Å². The van der Waals surface area contributed by atoms with Crippen molar-refractivity contribution in [3.8, 4) is 0 Å². The topological polar surface area (TPSA) is 97.3 Å². The molecule has 3 aromatic rings. The molecule has 0 bridgehead atoms. The predicted molar refractivity (Wildman–Crippen MR) is 112 cm³/mol. The molecule has 0 aliphatic carbocycles. The molecule has 0 aliphatic heterocycles. The molecular formula is C21H21N3O4S. The smallest absolute Gasteiger partial charge is 0.275 e. The first-order chi connectivity index (χ1) is 13.8. The number of sulfonamides is 1. The number of carbonyl (C=O) groups excluding carboxylic acids is 1. The highest BCUT2D eigenvalue weighted by Gasteiger charge is 2.18. The summed E-state index contributed by atoms with van der Waals surface area (Å²) in [5, 5.41) is 2.71. The van der Waals surface area contributed by atoms with E-state index in [0.717, 1.165) is 5.56 Å². The van der Waals surface area contributed by atoms with Crippen LogP contribution in [0.15, 0.2) is 76.4 Å². The fraction of sp³-hybridized carbons (Fsp3) is 0.143. The van der Waals surface area contributed by atoms with Crippen LogP contribution in [0.3, 0.4) is 0 Å². The van der Waals surface area contributed by atoms with Crippen molar-refractivity contribution in [2.45, 2.75) is 25.3 Å². The SMILES string of the molecule is Cc1ccc(S(=O)(=O)Nc2ccc(C)n(CC(=O)Nc3ccccc3)c2=O)cc1. The van der Waals surface area contributed by atoms with Crippen molar-refractivity contribution >= 4 is 27.3 Å². The molecule has 0 saturated heterocycles. The van der Waals surface area contributed by atoms with Gasteiger partial charge in [0.25, 0.3) is 15.6 Å². The number of para-hydroxylation sites is 1. The molecule has 1 amide bonds. The third kappa shape index (κ3) is 4.91. The molecule has 1 heterocycles. The number of rotatable bonds is 6. The number of amides is 1. The second-order valence-electron chi connectivity index (χ2n) is 6.61. The van der Waals surface area contributed by atoms with E-state index < -0.39 is 15.6 Å². The zero-order valence-corrected chi connectivity index (χ0v) is 16.9. The summed E-state index contributed by atoms with van der Waals surface area (Å²) in [4.78, 5) is 25.2. The van der Waals surface area contributed by atoms with Crippen molar-refractivity contribution in [2.75, 3.05) is 10.0 Å². The van der Waals surface area contributed by atoms with Gasteiger partial charge in [-0.25, -0.2) is 8.42 Å². The van der Waals surface area contributed by atoms with Crippen LogP contribution in [0.5, 0.6) is 0 Å². The lowest BCUT2D eigenvalue weighted by Gasteiger charge is -2.13. The number of hydrogen-bond donors (Lipinski definition) is 2. The minimum absolute atomic E-state index is 0.0523. The maximum absolute atomic E-state index is 12.8. The first-order valence-corrected chi connectivity index (χ1v) is 10.4. The van der Waals surface area contributed by atoms with Gasteiger partial charge < -0.3 is 9.88 Å². The number of nitrogens with one attached hydrogen (secondary N) is 2. The molecule has 0 saturated carbocycles. The molecular weight excluding hydrogens is 390 g/mol. The van der Waals surface area contributed by atoms with E-state index >= 15 is 0 Å². The van der Waals surface area contributed by atoms with Gasteiger partial charge in [0.1, 0.15) is 12.2 Å². The first-order valence-electron chi connectivity index (χ1n) is 8.91. The van der Waals surface area contributed by atoms with Gasteiger partial charge >= 0.3 is 0 Å². The number of hydrogen-bond acceptors (Lipinski definition) is 4. The Bertz CT molecular complexity index is 1180. The Kier molecular flexibility index (Phi) is 5.84. The zero-order valence-electron chi connectivity index (χ0n) is 16.0. The lowest BCUT2D eigenvalue weighted by Crippen LogP contribution is -2.31. The highest BCUT2D eigenvalue weighted by molar-refractivity contribution is 7.92. The average molecular weight is 411 g/mol. The molecule has 0 atom stereocenters. The van der Waals surface area contributed by atoms with Crippen LogP contribution in [0.2, 0.25) is 0 Å². The van der Waals surface area contributed by atoms with Gasteiger partial charge in [-0.05, 0) is 50.2 Å². The van der Waals surface area contributed by atoms with Crippen molar-refractivity contribution in [1.82, 2.24) is 4.57 Å². The van der Waals surface area contributed by atoms with Crippen molar-refractivity contribution in [3.63, 3.8) is 0 Å². The summed E-state index contributed by atoms with van der Waals surface area (Å²) in [5.41, 5.74) is 1.36. The molecule has 0 radical (unpaired) electrons. The number of nitrogens with zero attached hydrogens (tertiary/aromatic N) is 1. The van der Waals surface area contributed by atoms with Gasteiger partial charge in [0.2, 0.25) is 5.91 Å². The minimum Gasteiger partial charge on any atom is -0.325 e. The molecule has 1 aromatic heterocycles. The molecule has 8 heteroatoms. The number of benzene rings is 2. The lowest BCUT2D eigenvalue weighted by molar-refractivity contribution is -0.116. The van der Waals surface area contributed by atoms with Gasteiger partial charge in [0.15, 0.2) is 0 Å². The molecule has 3 rings (SSSR count). The summed E-state index contributed by atoms with van der Waals surface area (Å²) in [6, 6.07) is 18.1. The molecule has 7 nitrogen and oxygen atoms in total. The van der Waals surface area contributed by atoms with E-state index in [1.165, 1.54) is 22.8 Å². The zero-order chi connectivity index (χ0) is 21.0. The van der Waals surface area contributed by atoms with Gasteiger partial charge in [-0.3, -0.25) is 14.3 Å². The van der Waals surface area contributed by atoms with Gasteiger partial charge in [-0.2, -0.15) is 0 Å².